The van der Waals surface area contributed by atoms with Gasteiger partial charge in [0.1, 0.15) is 42.4 Å². The van der Waals surface area contributed by atoms with Crippen LogP contribution in [0.2, 0.25) is 0 Å². The van der Waals surface area contributed by atoms with Gasteiger partial charge >= 0.3 is 30.0 Å². The summed E-state index contributed by atoms with van der Waals surface area (Å²) in [5.41, 5.74) is 8.04. The molecule has 0 aromatic heterocycles. The van der Waals surface area contributed by atoms with Crippen molar-refractivity contribution < 1.29 is 106 Å². The topological polar surface area (TPSA) is 360 Å². The quantitative estimate of drug-likeness (QED) is 0.00811. The number of aromatic hydroxyl groups is 3. The maximum absolute atomic E-state index is 15.3. The van der Waals surface area contributed by atoms with Crippen LogP contribution in [-0.4, -0.2) is 201 Å². The van der Waals surface area contributed by atoms with E-state index >= 15 is 9.59 Å². The van der Waals surface area contributed by atoms with Crippen molar-refractivity contribution in [2.45, 2.75) is 370 Å². The molecule has 20 rings (SSSR count). The summed E-state index contributed by atoms with van der Waals surface area (Å²) in [5.74, 6) is 2.58. The average molecular weight is 2070 g/mol. The molecule has 8 bridgehead atoms. The third kappa shape index (κ3) is 21.4. The number of benzene rings is 6. The second-order valence-corrected chi connectivity index (χ2v) is 44.7. The van der Waals surface area contributed by atoms with E-state index in [1.54, 1.807) is 59.3 Å². The van der Waals surface area contributed by atoms with Gasteiger partial charge in [0, 0.05) is 106 Å². The largest absolute Gasteiger partial charge is 0.514 e. The number of esters is 4. The molecule has 6 aromatic carbocycles. The van der Waals surface area contributed by atoms with E-state index in [1.807, 2.05) is 41.8 Å². The zero-order chi connectivity index (χ0) is 103. The van der Waals surface area contributed by atoms with Crippen molar-refractivity contribution in [3.8, 4) is 92.6 Å². The summed E-state index contributed by atoms with van der Waals surface area (Å²) in [7, 11) is 10.1. The number of unbranched alkanes of at least 4 members (excludes halogenated alkanes) is 24. The molecule has 800 valence electrons. The predicted molar refractivity (Wildman–Crippen MR) is 564 cm³/mol. The normalized spacial score (nSPS) is 24.6. The van der Waals surface area contributed by atoms with Gasteiger partial charge in [-0.05, 0) is 170 Å². The Kier molecular flexibility index (Phi) is 36.1. The highest BCUT2D eigenvalue weighted by Crippen LogP contribution is 2.68. The molecule has 5 N–H and O–H groups in total. The number of carbonyl (C=O) groups excluding carboxylic acids is 5. The molecule has 0 radical (unpaired) electrons. The van der Waals surface area contributed by atoms with E-state index in [1.165, 1.54) is 153 Å². The van der Waals surface area contributed by atoms with Gasteiger partial charge in [-0.2, -0.15) is 10.5 Å². The number of phenols is 3. The number of fused-ring (bicyclic) bond motifs is 18. The zero-order valence-corrected chi connectivity index (χ0v) is 88.9. The molecular weight excluding hydrogens is 1910 g/mol. The van der Waals surface area contributed by atoms with E-state index < -0.39 is 93.6 Å². The standard InChI is InChI=1S/C59H78N4O12S.C54H70N4O10S.2CH4/c1-10-11-12-13-14-15-16-17-18-19-20-21-22-23-44(64)74-52-35(3)53-54(72-33-71-53)46-41-31-70-56(66)59(38-29-42(68-8)43(28-36(38)24-25-61-59)73-57(67)75-58(4,5)6)32-76-55(47(46)52)49-48-45-37(26-34(2)51(69-9)50(45)65)27-39(62(48)7)40(30-60)63(41)49;1-7-8-9-10-11-12-13-14-15-16-17-18-19-20-41(60)68-49-32(3)50-51(67-30-66-50)43-38-28-65-53(62)54(35-26-40(63-5)39(59)25-33(35)21-22-56-54)29-69-52(44(43)49)46-45-42-34(23-31(2)48(64-6)47(42)61)24-36(57(45)4)37(27-55)58(38)46;;/h26,28-29,39-41,48-49,55,61,65H,10-25,27,31-33H2,1-9H3;23,25-26,36-38,45-46,52,56,59,61H,7-22,24,28-30H2,1-6H3;2*1H4/t39-,40-,41-,48+,49?,55+,59+;36-,37-,38-,45+,46?,52+,54+;;/m00../s1. The number of phenolic OH excluding ortho intramolecular Hbond substituents is 3. The predicted octanol–water partition coefficient (Wildman–Crippen LogP) is 21.8. The van der Waals surface area contributed by atoms with Gasteiger partial charge in [0.05, 0.1) is 75.2 Å². The Morgan fingerprint density at radius 2 is 0.837 bits per heavy atom. The lowest BCUT2D eigenvalue weighted by Gasteiger charge is -2.62. The van der Waals surface area contributed by atoms with Crippen molar-refractivity contribution in [3.63, 3.8) is 0 Å². The molecule has 6 aromatic rings. The first kappa shape index (κ1) is 111. The van der Waals surface area contributed by atoms with Crippen molar-refractivity contribution in [2.24, 2.45) is 0 Å². The molecule has 32 heteroatoms. The van der Waals surface area contributed by atoms with E-state index in [2.05, 4.69) is 68.4 Å². The monoisotopic (exact) mass is 2070 g/mol. The number of hydrogen-bond donors (Lipinski definition) is 5. The van der Waals surface area contributed by atoms with Gasteiger partial charge < -0.3 is 81.6 Å². The van der Waals surface area contributed by atoms with Crippen molar-refractivity contribution in [2.75, 3.05) is 93.9 Å². The molecule has 30 nitrogen and oxygen atoms in total. The lowest BCUT2D eigenvalue weighted by atomic mass is 9.71. The summed E-state index contributed by atoms with van der Waals surface area (Å²) in [6.45, 7) is 17.7. The Bertz CT molecular complexity index is 5900. The Labute approximate surface area is 876 Å². The van der Waals surface area contributed by atoms with E-state index in [-0.39, 0.29) is 125 Å². The van der Waals surface area contributed by atoms with Gasteiger partial charge in [-0.15, -0.1) is 23.5 Å². The van der Waals surface area contributed by atoms with Crippen LogP contribution in [0.1, 0.15) is 353 Å². The highest BCUT2D eigenvalue weighted by atomic mass is 32.2. The SMILES string of the molecule is C.C.CCCCCCCCCCCCCCCC(=O)Oc1c(C)c2c(c3c1[C@H]1SC[C@]4(NCCc5cc(O)c(OC)cc54)C(=O)OC[C@@H]3N3C1[C@H]1c4c(cc(C)c(OC)c4O)C[C@@H]([C@@H]3C#N)N1C)OCO2.CCCCCCCCCCCCCCCC(=O)Oc1c(C)c2c(c3c1[C@H]1SC[C@]4(NCCc5cc(OC(=O)OC(C)(C)C)c(OC)cc54)C(=O)OC[C@@H]3N3C1[C@H]1c4c(cc(C)c(OC)c4O)C[C@@H]([C@@H]3C#N)N1C)OCO2. The second kappa shape index (κ2) is 47.9. The Balaban J connectivity index is 0.000000218. The fourth-order valence-electron chi connectivity index (χ4n) is 25.4. The zero-order valence-electron chi connectivity index (χ0n) is 87.3. The minimum Gasteiger partial charge on any atom is -0.504 e. The van der Waals surface area contributed by atoms with Gasteiger partial charge in [-0.1, -0.05) is 195 Å². The maximum Gasteiger partial charge on any atom is 0.514 e. The number of nitrogens with one attached hydrogen (secondary N) is 2. The number of methoxy groups -OCH3 is 4. The minimum absolute atomic E-state index is 0. The van der Waals surface area contributed by atoms with Crippen LogP contribution in [0.3, 0.4) is 0 Å². The molecule has 14 atom stereocenters. The van der Waals surface area contributed by atoms with Crippen LogP contribution in [0.25, 0.3) is 0 Å². The Morgan fingerprint density at radius 3 is 1.21 bits per heavy atom. The number of carbonyl (C=O) groups is 5. The van der Waals surface area contributed by atoms with E-state index in [9.17, 15) is 40.2 Å². The molecule has 0 amide bonds. The number of nitriles is 2. The van der Waals surface area contributed by atoms with Crippen molar-refractivity contribution in [3.05, 3.63) is 125 Å². The summed E-state index contributed by atoms with van der Waals surface area (Å²) in [5, 5.41) is 64.3. The molecule has 2 unspecified atom stereocenters. The molecule has 14 heterocycles. The number of thioether (sulfide) groups is 2. The molecule has 4 fully saturated rings. The molecular formula is C115H156N8O22S2. The Hall–Kier alpha value is -10.3. The summed E-state index contributed by atoms with van der Waals surface area (Å²) in [6.07, 6.45) is 32.6. The summed E-state index contributed by atoms with van der Waals surface area (Å²) < 4.78 is 86.1. The molecule has 14 aliphatic rings. The summed E-state index contributed by atoms with van der Waals surface area (Å²) in [6, 6.07) is 10.7. The van der Waals surface area contributed by atoms with Gasteiger partial charge in [0.25, 0.3) is 0 Å². The van der Waals surface area contributed by atoms with Gasteiger partial charge in [-0.25, -0.2) is 14.4 Å². The lowest BCUT2D eigenvalue weighted by molar-refractivity contribution is -0.158. The molecule has 147 heavy (non-hydrogen) atoms. The second-order valence-electron chi connectivity index (χ2n) is 42.5. The van der Waals surface area contributed by atoms with E-state index in [4.69, 9.17) is 66.3 Å². The van der Waals surface area contributed by atoms with Crippen molar-refractivity contribution in [1.29, 1.82) is 10.5 Å². The number of likely N-dealkylation sites (N-methyl/N-ethyl adjacent to an activating group) is 2. The highest BCUT2D eigenvalue weighted by molar-refractivity contribution is 7.99. The van der Waals surface area contributed by atoms with Crippen LogP contribution >= 0.6 is 23.5 Å². The minimum atomic E-state index is -1.46. The van der Waals surface area contributed by atoms with Crippen LogP contribution < -0.4 is 62.7 Å². The number of piperazine rings is 2. The highest BCUT2D eigenvalue weighted by Gasteiger charge is 2.65. The van der Waals surface area contributed by atoms with Gasteiger partial charge in [0.15, 0.2) is 80.1 Å². The number of hydrogen-bond acceptors (Lipinski definition) is 32. The fourth-order valence-corrected chi connectivity index (χ4v) is 28.8. The third-order valence-corrected chi connectivity index (χ3v) is 35.3. The molecule has 0 aliphatic carbocycles. The van der Waals surface area contributed by atoms with Crippen LogP contribution in [0.4, 0.5) is 4.79 Å². The van der Waals surface area contributed by atoms with Crippen molar-refractivity contribution >= 4 is 53.6 Å². The van der Waals surface area contributed by atoms with E-state index in [0.717, 1.165) is 83.0 Å². The lowest BCUT2D eigenvalue weighted by Crippen LogP contribution is -2.69. The Morgan fingerprint density at radius 1 is 0.463 bits per heavy atom. The van der Waals surface area contributed by atoms with Crippen LogP contribution in [0.15, 0.2) is 36.4 Å². The number of nitrogens with zero attached hydrogens (tertiary/aromatic N) is 6. The molecule has 4 saturated heterocycles. The maximum atomic E-state index is 15.3. The van der Waals surface area contributed by atoms with Gasteiger partial charge in [0.2, 0.25) is 13.6 Å². The summed E-state index contributed by atoms with van der Waals surface area (Å²) >= 11 is 3.01. The first-order valence-electron chi connectivity index (χ1n) is 53.1. The molecule has 2 spiro atoms. The molecule has 14 aliphatic heterocycles. The van der Waals surface area contributed by atoms with Gasteiger partial charge in [-0.3, -0.25) is 39.8 Å². The van der Waals surface area contributed by atoms with Crippen LogP contribution in [0.5, 0.6) is 80.5 Å². The third-order valence-electron chi connectivity index (χ3n) is 32.3. The number of ether oxygens (including phenoxy) is 14. The number of rotatable bonds is 35. The smallest absolute Gasteiger partial charge is 0.504 e. The van der Waals surface area contributed by atoms with Crippen molar-refractivity contribution in [1.82, 2.24) is 30.2 Å². The average Bonchev–Trinajstić information content (AvgIpc) is 1.68. The van der Waals surface area contributed by atoms with E-state index in [0.29, 0.717) is 142 Å². The first-order chi connectivity index (χ1) is 70.1. The summed E-state index contributed by atoms with van der Waals surface area (Å²) in [4.78, 5) is 80.7. The molecule has 0 saturated carbocycles. The fraction of sp³-hybridized carbons (Fsp3) is 0.626. The van der Waals surface area contributed by atoms with Crippen LogP contribution in [0, 0.1) is 50.4 Å². The number of aryl methyl sites for hydroxylation is 2. The first-order valence-corrected chi connectivity index (χ1v) is 55.2. The van der Waals surface area contributed by atoms with Crippen LogP contribution in [-0.2, 0) is 70.1 Å².